The van der Waals surface area contributed by atoms with Crippen molar-refractivity contribution in [3.8, 4) is 5.75 Å². The smallest absolute Gasteiger partial charge is 0.373 e. The molecule has 1 N–H and O–H groups in total. The second-order valence-electron chi connectivity index (χ2n) is 3.99. The molecule has 0 saturated carbocycles. The van der Waals surface area contributed by atoms with Crippen LogP contribution in [-0.4, -0.2) is 25.3 Å². The van der Waals surface area contributed by atoms with Crippen molar-refractivity contribution in [2.24, 2.45) is 0 Å². The monoisotopic (exact) mass is 296 g/mol. The van der Waals surface area contributed by atoms with E-state index in [1.165, 1.54) is 26.4 Å². The number of carbonyl (C=O) groups is 1. The molecule has 1 unspecified atom stereocenters. The van der Waals surface area contributed by atoms with E-state index in [0.29, 0.717) is 16.3 Å². The Morgan fingerprint density at radius 2 is 2.05 bits per heavy atom. The molecular formula is C14H13ClO5. The highest BCUT2D eigenvalue weighted by molar-refractivity contribution is 6.32. The first kappa shape index (κ1) is 14.4. The summed E-state index contributed by atoms with van der Waals surface area (Å²) in [5.74, 6) is 0.168. The van der Waals surface area contributed by atoms with Gasteiger partial charge in [-0.15, -0.1) is 0 Å². The van der Waals surface area contributed by atoms with Crippen LogP contribution < -0.4 is 4.74 Å². The minimum atomic E-state index is -1.03. The highest BCUT2D eigenvalue weighted by Gasteiger charge is 2.19. The third-order valence-electron chi connectivity index (χ3n) is 2.77. The molecule has 0 bridgehead atoms. The van der Waals surface area contributed by atoms with Gasteiger partial charge in [-0.3, -0.25) is 0 Å². The molecule has 6 heteroatoms. The van der Waals surface area contributed by atoms with Crippen LogP contribution in [0.5, 0.6) is 5.75 Å². The minimum absolute atomic E-state index is 0.0289. The number of esters is 1. The first-order chi connectivity index (χ1) is 9.56. The fourth-order valence-corrected chi connectivity index (χ4v) is 1.99. The number of halogens is 1. The molecule has 0 aliphatic carbocycles. The lowest BCUT2D eigenvalue weighted by molar-refractivity contribution is 0.0558. The fourth-order valence-electron chi connectivity index (χ4n) is 1.73. The van der Waals surface area contributed by atoms with Crippen LogP contribution in [0.1, 0.15) is 28.0 Å². The summed E-state index contributed by atoms with van der Waals surface area (Å²) in [7, 11) is 2.76. The number of aliphatic hydroxyl groups excluding tert-OH is 1. The van der Waals surface area contributed by atoms with Crippen molar-refractivity contribution in [3.05, 3.63) is 52.4 Å². The lowest BCUT2D eigenvalue weighted by Gasteiger charge is -2.10. The summed E-state index contributed by atoms with van der Waals surface area (Å²) >= 11 is 6.00. The highest BCUT2D eigenvalue weighted by Crippen LogP contribution is 2.30. The molecule has 0 saturated heterocycles. The van der Waals surface area contributed by atoms with Crippen molar-refractivity contribution in [1.82, 2.24) is 0 Å². The van der Waals surface area contributed by atoms with Gasteiger partial charge in [0.05, 0.1) is 19.2 Å². The molecule has 0 aliphatic heterocycles. The maximum atomic E-state index is 11.3. The second kappa shape index (κ2) is 5.98. The van der Waals surface area contributed by atoms with Crippen molar-refractivity contribution >= 4 is 17.6 Å². The van der Waals surface area contributed by atoms with E-state index < -0.39 is 12.1 Å². The Balaban J connectivity index is 2.26. The van der Waals surface area contributed by atoms with Crippen LogP contribution in [0.3, 0.4) is 0 Å². The number of hydrogen-bond donors (Lipinski definition) is 1. The molecule has 1 atom stereocenters. The summed E-state index contributed by atoms with van der Waals surface area (Å²) in [6.07, 6.45) is -1.03. The molecule has 20 heavy (non-hydrogen) atoms. The van der Waals surface area contributed by atoms with E-state index in [0.717, 1.165) is 0 Å². The Kier molecular flexibility index (Phi) is 4.32. The average molecular weight is 297 g/mol. The van der Waals surface area contributed by atoms with E-state index in [2.05, 4.69) is 4.74 Å². The Labute approximate surface area is 120 Å². The van der Waals surface area contributed by atoms with Crippen LogP contribution in [0.15, 0.2) is 34.7 Å². The van der Waals surface area contributed by atoms with Gasteiger partial charge in [0, 0.05) is 0 Å². The molecule has 1 aromatic heterocycles. The molecule has 1 aromatic carbocycles. The third-order valence-corrected chi connectivity index (χ3v) is 3.07. The normalized spacial score (nSPS) is 12.0. The lowest BCUT2D eigenvalue weighted by atomic mass is 10.1. The summed E-state index contributed by atoms with van der Waals surface area (Å²) in [6, 6.07) is 7.83. The maximum Gasteiger partial charge on any atom is 0.373 e. The molecular weight excluding hydrogens is 284 g/mol. The van der Waals surface area contributed by atoms with Crippen molar-refractivity contribution < 1.29 is 23.8 Å². The number of benzene rings is 1. The standard InChI is InChI=1S/C14H13ClO5/c1-18-10-4-3-8(7-9(10)15)13(16)11-5-6-12(20-11)14(17)19-2/h3-7,13,16H,1-2H3. The Hall–Kier alpha value is -1.98. The SMILES string of the molecule is COC(=O)c1ccc(C(O)c2ccc(OC)c(Cl)c2)o1. The Morgan fingerprint density at radius 1 is 1.30 bits per heavy atom. The summed E-state index contributed by atoms with van der Waals surface area (Å²) in [6.45, 7) is 0. The molecule has 0 aliphatic rings. The first-order valence-electron chi connectivity index (χ1n) is 5.76. The van der Waals surface area contributed by atoms with E-state index in [1.54, 1.807) is 18.2 Å². The average Bonchev–Trinajstić information content (AvgIpc) is 2.95. The summed E-state index contributed by atoms with van der Waals surface area (Å²) in [4.78, 5) is 11.3. The lowest BCUT2D eigenvalue weighted by Crippen LogP contribution is -2.00. The number of methoxy groups -OCH3 is 2. The van der Waals surface area contributed by atoms with Gasteiger partial charge in [-0.05, 0) is 29.8 Å². The number of aliphatic hydroxyl groups is 1. The van der Waals surface area contributed by atoms with Gasteiger partial charge in [-0.1, -0.05) is 17.7 Å². The molecule has 0 amide bonds. The van der Waals surface area contributed by atoms with E-state index in [-0.39, 0.29) is 11.5 Å². The molecule has 0 fully saturated rings. The van der Waals surface area contributed by atoms with Crippen LogP contribution in [0.2, 0.25) is 5.02 Å². The number of rotatable bonds is 4. The first-order valence-corrected chi connectivity index (χ1v) is 6.14. The van der Waals surface area contributed by atoms with E-state index in [9.17, 15) is 9.90 Å². The van der Waals surface area contributed by atoms with Crippen LogP contribution in [-0.2, 0) is 4.74 Å². The van der Waals surface area contributed by atoms with Crippen LogP contribution in [0.4, 0.5) is 0 Å². The summed E-state index contributed by atoms with van der Waals surface area (Å²) < 4.78 is 14.8. The van der Waals surface area contributed by atoms with Gasteiger partial charge in [0.15, 0.2) is 0 Å². The van der Waals surface area contributed by atoms with E-state index in [1.807, 2.05) is 0 Å². The molecule has 0 spiro atoms. The third kappa shape index (κ3) is 2.79. The number of hydrogen-bond acceptors (Lipinski definition) is 5. The Morgan fingerprint density at radius 3 is 2.65 bits per heavy atom. The molecule has 1 heterocycles. The number of carbonyl (C=O) groups excluding carboxylic acids is 1. The van der Waals surface area contributed by atoms with Gasteiger partial charge >= 0.3 is 5.97 Å². The predicted octanol–water partition coefficient (Wildman–Crippen LogP) is 2.81. The van der Waals surface area contributed by atoms with Gasteiger partial charge < -0.3 is 19.0 Å². The zero-order chi connectivity index (χ0) is 14.7. The summed E-state index contributed by atoms with van der Waals surface area (Å²) in [5, 5.41) is 10.6. The molecule has 106 valence electrons. The van der Waals surface area contributed by atoms with Crippen molar-refractivity contribution in [2.45, 2.75) is 6.10 Å². The quantitative estimate of drug-likeness (QED) is 0.879. The zero-order valence-corrected chi connectivity index (χ0v) is 11.7. The van der Waals surface area contributed by atoms with Gasteiger partial charge in [-0.2, -0.15) is 0 Å². The summed E-state index contributed by atoms with van der Waals surface area (Å²) in [5.41, 5.74) is 0.529. The van der Waals surface area contributed by atoms with Gasteiger partial charge in [0.1, 0.15) is 17.6 Å². The minimum Gasteiger partial charge on any atom is -0.495 e. The maximum absolute atomic E-state index is 11.3. The molecule has 2 aromatic rings. The van der Waals surface area contributed by atoms with Gasteiger partial charge in [-0.25, -0.2) is 4.79 Å². The molecule has 5 nitrogen and oxygen atoms in total. The largest absolute Gasteiger partial charge is 0.495 e. The second-order valence-corrected chi connectivity index (χ2v) is 4.40. The van der Waals surface area contributed by atoms with Gasteiger partial charge in [0.2, 0.25) is 5.76 Å². The highest BCUT2D eigenvalue weighted by atomic mass is 35.5. The van der Waals surface area contributed by atoms with Crippen molar-refractivity contribution in [3.63, 3.8) is 0 Å². The molecule has 0 radical (unpaired) electrons. The Bertz CT molecular complexity index is 620. The topological polar surface area (TPSA) is 68.9 Å². The molecule has 2 rings (SSSR count). The predicted molar refractivity (Wildman–Crippen MR) is 72.1 cm³/mol. The van der Waals surface area contributed by atoms with Crippen LogP contribution in [0.25, 0.3) is 0 Å². The fraction of sp³-hybridized carbons (Fsp3) is 0.214. The number of ether oxygens (including phenoxy) is 2. The van der Waals surface area contributed by atoms with E-state index >= 15 is 0 Å². The van der Waals surface area contributed by atoms with Crippen molar-refractivity contribution in [2.75, 3.05) is 14.2 Å². The van der Waals surface area contributed by atoms with Gasteiger partial charge in [0.25, 0.3) is 0 Å². The number of furan rings is 1. The van der Waals surface area contributed by atoms with Crippen LogP contribution >= 0.6 is 11.6 Å². The zero-order valence-electron chi connectivity index (χ0n) is 10.9. The van der Waals surface area contributed by atoms with Crippen molar-refractivity contribution in [1.29, 1.82) is 0 Å². The van der Waals surface area contributed by atoms with Crippen LogP contribution in [0, 0.1) is 0 Å². The van der Waals surface area contributed by atoms with E-state index in [4.69, 9.17) is 20.8 Å².